The number of benzene rings is 2. The maximum absolute atomic E-state index is 6.30. The molecule has 0 aliphatic heterocycles. The zero-order chi connectivity index (χ0) is 14.8. The number of fused-ring (bicyclic) bond motifs is 1. The first-order chi connectivity index (χ1) is 10.2. The molecule has 1 N–H and O–H groups in total. The molecular weight excluding hydrogens is 321 g/mol. The maximum Gasteiger partial charge on any atom is 0.0624 e. The Morgan fingerprint density at radius 2 is 1.90 bits per heavy atom. The van der Waals surface area contributed by atoms with Crippen LogP contribution in [0.15, 0.2) is 48.5 Å². The second-order valence-electron chi connectivity index (χ2n) is 4.94. The van der Waals surface area contributed by atoms with E-state index in [2.05, 4.69) is 35.6 Å². The summed E-state index contributed by atoms with van der Waals surface area (Å²) in [5, 5.41) is 5.93. The van der Waals surface area contributed by atoms with Crippen LogP contribution in [-0.4, -0.2) is 7.05 Å². The van der Waals surface area contributed by atoms with E-state index in [4.69, 9.17) is 23.2 Å². The summed E-state index contributed by atoms with van der Waals surface area (Å²) in [6, 6.07) is 16.7. The number of rotatable bonds is 4. The molecule has 1 nitrogen and oxygen atoms in total. The van der Waals surface area contributed by atoms with Crippen LogP contribution in [0.4, 0.5) is 0 Å². The van der Waals surface area contributed by atoms with E-state index in [9.17, 15) is 0 Å². The Morgan fingerprint density at radius 3 is 2.67 bits per heavy atom. The van der Waals surface area contributed by atoms with Crippen LogP contribution in [0, 0.1) is 0 Å². The van der Waals surface area contributed by atoms with Gasteiger partial charge in [-0.25, -0.2) is 0 Å². The third kappa shape index (κ3) is 3.09. The van der Waals surface area contributed by atoms with Crippen LogP contribution in [0.2, 0.25) is 10.0 Å². The highest BCUT2D eigenvalue weighted by Gasteiger charge is 2.15. The van der Waals surface area contributed by atoms with Crippen molar-refractivity contribution in [2.45, 2.75) is 12.5 Å². The van der Waals surface area contributed by atoms with E-state index in [-0.39, 0.29) is 6.04 Å². The number of nitrogens with one attached hydrogen (secondary N) is 1. The van der Waals surface area contributed by atoms with E-state index in [0.717, 1.165) is 12.0 Å². The largest absolute Gasteiger partial charge is 0.312 e. The molecule has 0 saturated heterocycles. The lowest BCUT2D eigenvalue weighted by atomic mass is 10.0. The number of halogens is 2. The lowest BCUT2D eigenvalue weighted by Gasteiger charge is -2.15. The van der Waals surface area contributed by atoms with Gasteiger partial charge in [0, 0.05) is 15.6 Å². The van der Waals surface area contributed by atoms with Crippen molar-refractivity contribution in [2.75, 3.05) is 7.05 Å². The molecule has 0 radical (unpaired) electrons. The molecule has 3 aromatic rings. The summed E-state index contributed by atoms with van der Waals surface area (Å²) < 4.78 is 1.31. The van der Waals surface area contributed by atoms with E-state index in [1.165, 1.54) is 15.0 Å². The third-order valence-corrected chi connectivity index (χ3v) is 5.68. The van der Waals surface area contributed by atoms with Gasteiger partial charge in [-0.15, -0.1) is 11.3 Å². The van der Waals surface area contributed by atoms with Gasteiger partial charge in [0.15, 0.2) is 0 Å². The highest BCUT2D eigenvalue weighted by Crippen LogP contribution is 2.34. The van der Waals surface area contributed by atoms with Gasteiger partial charge in [0.2, 0.25) is 0 Å². The number of likely N-dealkylation sites (N-methyl/N-ethyl adjacent to an activating group) is 1. The minimum absolute atomic E-state index is 0.235. The molecule has 1 aromatic heterocycles. The fourth-order valence-corrected chi connectivity index (χ4v) is 4.02. The van der Waals surface area contributed by atoms with Crippen molar-refractivity contribution in [1.82, 2.24) is 5.32 Å². The summed E-state index contributed by atoms with van der Waals surface area (Å²) >= 11 is 14.2. The number of hydrogen-bond donors (Lipinski definition) is 1. The van der Waals surface area contributed by atoms with E-state index in [0.29, 0.717) is 10.0 Å². The lowest BCUT2D eigenvalue weighted by molar-refractivity contribution is 0.602. The Balaban J connectivity index is 1.93. The molecule has 0 bridgehead atoms. The summed E-state index contributed by atoms with van der Waals surface area (Å²) in [5.41, 5.74) is 1.07. The monoisotopic (exact) mass is 335 g/mol. The lowest BCUT2D eigenvalue weighted by Crippen LogP contribution is -2.17. The molecule has 1 heterocycles. The van der Waals surface area contributed by atoms with Crippen molar-refractivity contribution < 1.29 is 0 Å². The molecule has 1 unspecified atom stereocenters. The van der Waals surface area contributed by atoms with Crippen molar-refractivity contribution in [2.24, 2.45) is 0 Å². The molecule has 0 fully saturated rings. The van der Waals surface area contributed by atoms with Crippen molar-refractivity contribution in [3.05, 3.63) is 69.0 Å². The average molecular weight is 336 g/mol. The zero-order valence-corrected chi connectivity index (χ0v) is 13.9. The van der Waals surface area contributed by atoms with Gasteiger partial charge in [0.25, 0.3) is 0 Å². The van der Waals surface area contributed by atoms with E-state index in [1.807, 2.05) is 36.6 Å². The fraction of sp³-hybridized carbons (Fsp3) is 0.176. The summed E-state index contributed by atoms with van der Waals surface area (Å²) in [4.78, 5) is 1.31. The smallest absolute Gasteiger partial charge is 0.0624 e. The van der Waals surface area contributed by atoms with Crippen LogP contribution in [0.25, 0.3) is 10.1 Å². The molecule has 4 heteroatoms. The number of hydrogen-bond acceptors (Lipinski definition) is 2. The first kappa shape index (κ1) is 14.9. The molecule has 0 aliphatic rings. The number of thiophene rings is 1. The van der Waals surface area contributed by atoms with Gasteiger partial charge in [-0.1, -0.05) is 53.5 Å². The molecular formula is C17H15Cl2NS. The molecule has 0 spiro atoms. The topological polar surface area (TPSA) is 12.0 Å². The average Bonchev–Trinajstić information content (AvgIpc) is 2.92. The van der Waals surface area contributed by atoms with Crippen molar-refractivity contribution in [3.8, 4) is 0 Å². The van der Waals surface area contributed by atoms with Crippen molar-refractivity contribution in [1.29, 1.82) is 0 Å². The molecule has 0 amide bonds. The molecule has 21 heavy (non-hydrogen) atoms. The molecule has 0 saturated carbocycles. The Kier molecular flexibility index (Phi) is 4.51. The Morgan fingerprint density at radius 1 is 1.10 bits per heavy atom. The molecule has 0 aliphatic carbocycles. The van der Waals surface area contributed by atoms with Gasteiger partial charge < -0.3 is 5.32 Å². The summed E-state index contributed by atoms with van der Waals surface area (Å²) in [7, 11) is 1.98. The van der Waals surface area contributed by atoms with E-state index in [1.54, 1.807) is 0 Å². The maximum atomic E-state index is 6.30. The van der Waals surface area contributed by atoms with Gasteiger partial charge in [0.1, 0.15) is 0 Å². The van der Waals surface area contributed by atoms with Gasteiger partial charge in [0.05, 0.1) is 10.0 Å². The Bertz CT molecular complexity index is 733. The molecule has 3 rings (SSSR count). The van der Waals surface area contributed by atoms with Crippen molar-refractivity contribution >= 4 is 44.6 Å². The fourth-order valence-electron chi connectivity index (χ4n) is 2.45. The van der Waals surface area contributed by atoms with Gasteiger partial charge >= 0.3 is 0 Å². The quantitative estimate of drug-likeness (QED) is 0.643. The van der Waals surface area contributed by atoms with Crippen LogP contribution >= 0.6 is 34.5 Å². The Hall–Kier alpha value is -1.06. The molecule has 2 aromatic carbocycles. The Labute approximate surface area is 138 Å². The van der Waals surface area contributed by atoms with Crippen LogP contribution in [-0.2, 0) is 6.42 Å². The van der Waals surface area contributed by atoms with Gasteiger partial charge in [-0.2, -0.15) is 0 Å². The highest BCUT2D eigenvalue weighted by molar-refractivity contribution is 7.19. The van der Waals surface area contributed by atoms with Crippen LogP contribution in [0.1, 0.15) is 16.5 Å². The van der Waals surface area contributed by atoms with Crippen molar-refractivity contribution in [3.63, 3.8) is 0 Å². The summed E-state index contributed by atoms with van der Waals surface area (Å²) in [6.45, 7) is 0. The predicted octanol–water partition coefficient (Wildman–Crippen LogP) is 5.71. The minimum Gasteiger partial charge on any atom is -0.312 e. The van der Waals surface area contributed by atoms with Gasteiger partial charge in [-0.05, 0) is 42.6 Å². The molecule has 108 valence electrons. The van der Waals surface area contributed by atoms with Crippen LogP contribution < -0.4 is 5.32 Å². The SMILES string of the molecule is CNC(Cc1cccc(Cl)c1Cl)c1cc2ccccc2s1. The summed E-state index contributed by atoms with van der Waals surface area (Å²) in [6.07, 6.45) is 0.822. The van der Waals surface area contributed by atoms with E-state index < -0.39 is 0 Å². The van der Waals surface area contributed by atoms with Crippen LogP contribution in [0.3, 0.4) is 0 Å². The second kappa shape index (κ2) is 6.37. The van der Waals surface area contributed by atoms with Crippen LogP contribution in [0.5, 0.6) is 0 Å². The first-order valence-electron chi connectivity index (χ1n) is 6.77. The normalized spacial score (nSPS) is 12.7. The van der Waals surface area contributed by atoms with E-state index >= 15 is 0 Å². The second-order valence-corrected chi connectivity index (χ2v) is 6.85. The molecule has 1 atom stereocenters. The highest BCUT2D eigenvalue weighted by atomic mass is 35.5. The zero-order valence-electron chi connectivity index (χ0n) is 11.6. The third-order valence-electron chi connectivity index (χ3n) is 3.59. The summed E-state index contributed by atoms with van der Waals surface area (Å²) in [5.74, 6) is 0. The first-order valence-corrected chi connectivity index (χ1v) is 8.35. The minimum atomic E-state index is 0.235. The van der Waals surface area contributed by atoms with Gasteiger partial charge in [-0.3, -0.25) is 0 Å². The predicted molar refractivity (Wildman–Crippen MR) is 93.8 cm³/mol. The standard InChI is InChI=1S/C17H15Cl2NS/c1-20-14(9-12-6-4-7-13(18)17(12)19)16-10-11-5-2-3-8-15(11)21-16/h2-8,10,14,20H,9H2,1H3.